The Morgan fingerprint density at radius 3 is 1.97 bits per heavy atom. The molecule has 2 aliphatic carbocycles. The Morgan fingerprint density at radius 1 is 0.921 bits per heavy atom. The number of aliphatic hydroxyl groups is 1. The maximum atomic E-state index is 13.4. The van der Waals surface area contributed by atoms with Crippen LogP contribution >= 0.6 is 0 Å². The zero-order chi connectivity index (χ0) is 29.5. The fourth-order valence-electron chi connectivity index (χ4n) is 4.86. The van der Waals surface area contributed by atoms with Gasteiger partial charge in [0, 0.05) is 12.3 Å². The number of esters is 1. The van der Waals surface area contributed by atoms with E-state index in [2.05, 4.69) is 11.3 Å². The van der Waals surface area contributed by atoms with E-state index in [1.165, 1.54) is 0 Å². The Bertz CT molecular complexity index is 979. The quantitative estimate of drug-likeness (QED) is 0.124. The molecule has 0 spiro atoms. The van der Waals surface area contributed by atoms with E-state index >= 15 is 0 Å². The summed E-state index contributed by atoms with van der Waals surface area (Å²) < 4.78 is 171. The molecule has 0 heterocycles. The zero-order valence-corrected chi connectivity index (χ0v) is 20.1. The van der Waals surface area contributed by atoms with Crippen molar-refractivity contribution in [3.63, 3.8) is 0 Å². The number of hydrogen-bond acceptors (Lipinski definition) is 6. The lowest BCUT2D eigenvalue weighted by Gasteiger charge is -2.43. The fraction of sp³-hybridized carbons (Fsp3) is 0.850. The van der Waals surface area contributed by atoms with Crippen LogP contribution in [0.25, 0.3) is 0 Å². The van der Waals surface area contributed by atoms with E-state index in [0.717, 1.165) is 0 Å². The van der Waals surface area contributed by atoms with Gasteiger partial charge in [-0.1, -0.05) is 6.58 Å². The van der Waals surface area contributed by atoms with E-state index < -0.39 is 107 Å². The summed E-state index contributed by atoms with van der Waals surface area (Å²) in [6.07, 6.45) is -16.0. The minimum atomic E-state index is -6.43. The summed E-state index contributed by atoms with van der Waals surface area (Å²) in [6, 6.07) is 0. The van der Waals surface area contributed by atoms with Crippen molar-refractivity contribution in [2.75, 3.05) is 13.2 Å². The highest BCUT2D eigenvalue weighted by Crippen LogP contribution is 2.56. The number of alkyl halides is 10. The van der Waals surface area contributed by atoms with Crippen molar-refractivity contribution in [1.82, 2.24) is 0 Å². The summed E-state index contributed by atoms with van der Waals surface area (Å²) in [4.78, 5) is 12.2. The topological polar surface area (TPSA) is 110 Å². The van der Waals surface area contributed by atoms with E-state index in [1.54, 1.807) is 0 Å². The second-order valence-electron chi connectivity index (χ2n) is 9.32. The lowest BCUT2D eigenvalue weighted by atomic mass is 9.68. The molecular weight excluding hydrogens is 574 g/mol. The third-order valence-corrected chi connectivity index (χ3v) is 7.88. The number of rotatable bonds is 10. The van der Waals surface area contributed by atoms with E-state index in [4.69, 9.17) is 9.29 Å². The Morgan fingerprint density at radius 2 is 1.47 bits per heavy atom. The predicted octanol–water partition coefficient (Wildman–Crippen LogP) is 4.66. The van der Waals surface area contributed by atoms with Crippen LogP contribution in [0.3, 0.4) is 0 Å². The van der Waals surface area contributed by atoms with E-state index in [-0.39, 0.29) is 19.3 Å². The molecule has 0 amide bonds. The molecule has 0 aromatic rings. The third-order valence-electron chi connectivity index (χ3n) is 6.93. The van der Waals surface area contributed by atoms with Gasteiger partial charge >= 0.3 is 39.6 Å². The number of carbonyl (C=O) groups is 1. The zero-order valence-electron chi connectivity index (χ0n) is 19.3. The van der Waals surface area contributed by atoms with Gasteiger partial charge in [-0.2, -0.15) is 52.3 Å². The molecule has 222 valence electrons. The molecule has 2 aliphatic rings. The first-order chi connectivity index (χ1) is 17.0. The summed E-state index contributed by atoms with van der Waals surface area (Å²) in [5.41, 5.74) is -5.39. The number of ether oxygens (including phenoxy) is 2. The Kier molecular flexibility index (Phi) is 9.19. The average Bonchev–Trinajstić information content (AvgIpc) is 3.15. The lowest BCUT2D eigenvalue weighted by molar-refractivity contribution is -0.388. The molecule has 4 unspecified atom stereocenters. The standard InChI is InChI=1S/C20H24F10O7S/c1-10(9-36-7-6-16(21,22)20(29,30)38(33,34)35)15(31)37-14-5-2-11-8-12(3-4-13(11)14)17(32,18(23,24)25)19(26,27)28/h11-14,32H,1-9H2,(H,33,34,35). The maximum Gasteiger partial charge on any atom is 0.431 e. The molecule has 4 atom stereocenters. The van der Waals surface area contributed by atoms with Crippen LogP contribution in [0.2, 0.25) is 0 Å². The van der Waals surface area contributed by atoms with Gasteiger partial charge in [0.1, 0.15) is 6.10 Å². The van der Waals surface area contributed by atoms with Crippen LogP contribution in [-0.2, 0) is 24.4 Å². The molecule has 0 saturated heterocycles. The van der Waals surface area contributed by atoms with Crippen LogP contribution < -0.4 is 0 Å². The predicted molar refractivity (Wildman–Crippen MR) is 107 cm³/mol. The van der Waals surface area contributed by atoms with Gasteiger partial charge in [-0.25, -0.2) is 4.79 Å². The van der Waals surface area contributed by atoms with Crippen LogP contribution in [0.1, 0.15) is 38.5 Å². The first kappa shape index (κ1) is 32.6. The van der Waals surface area contributed by atoms with Crippen LogP contribution in [0.4, 0.5) is 43.9 Å². The summed E-state index contributed by atoms with van der Waals surface area (Å²) in [7, 11) is -6.43. The highest BCUT2D eigenvalue weighted by Gasteiger charge is 2.74. The molecule has 2 rings (SSSR count). The van der Waals surface area contributed by atoms with Crippen LogP contribution in [0.5, 0.6) is 0 Å². The van der Waals surface area contributed by atoms with Gasteiger partial charge in [0.25, 0.3) is 5.60 Å². The molecule has 18 heteroatoms. The van der Waals surface area contributed by atoms with E-state index in [0.29, 0.717) is 0 Å². The second kappa shape index (κ2) is 10.7. The second-order valence-corrected chi connectivity index (χ2v) is 10.8. The normalized spacial score (nSPS) is 25.7. The van der Waals surface area contributed by atoms with Gasteiger partial charge < -0.3 is 14.6 Å². The van der Waals surface area contributed by atoms with Crippen molar-refractivity contribution in [2.45, 2.75) is 73.8 Å². The Balaban J connectivity index is 1.90. The number of fused-ring (bicyclic) bond motifs is 1. The average molecular weight is 598 g/mol. The maximum absolute atomic E-state index is 13.4. The summed E-state index contributed by atoms with van der Waals surface area (Å²) >= 11 is 0. The third kappa shape index (κ3) is 6.22. The Labute approximate surface area is 209 Å². The molecule has 0 bridgehead atoms. The SMILES string of the molecule is C=C(COCCC(F)(F)C(F)(F)S(=O)(=O)O)C(=O)OC1CCC2CC(C(O)(C(F)(F)F)C(F)(F)F)CCC21. The molecule has 2 saturated carbocycles. The Hall–Kier alpha value is -1.66. The van der Waals surface area contributed by atoms with Crippen molar-refractivity contribution >= 4 is 16.1 Å². The first-order valence-electron chi connectivity index (χ1n) is 11.0. The minimum Gasteiger partial charge on any atom is -0.459 e. The largest absolute Gasteiger partial charge is 0.459 e. The molecular formula is C20H24F10O7S. The summed E-state index contributed by atoms with van der Waals surface area (Å²) in [6.45, 7) is 1.25. The van der Waals surface area contributed by atoms with Gasteiger partial charge in [0.2, 0.25) is 0 Å². The molecule has 2 fully saturated rings. The van der Waals surface area contributed by atoms with Gasteiger partial charge in [-0.3, -0.25) is 4.55 Å². The van der Waals surface area contributed by atoms with E-state index in [9.17, 15) is 62.2 Å². The van der Waals surface area contributed by atoms with Crippen LogP contribution in [0.15, 0.2) is 12.2 Å². The first-order valence-corrected chi connectivity index (χ1v) is 12.5. The number of hydrogen-bond donors (Lipinski definition) is 2. The molecule has 0 aromatic carbocycles. The molecule has 2 N–H and O–H groups in total. The molecule has 38 heavy (non-hydrogen) atoms. The van der Waals surface area contributed by atoms with Crippen molar-refractivity contribution < 1.29 is 76.2 Å². The highest BCUT2D eigenvalue weighted by atomic mass is 32.2. The molecule has 0 radical (unpaired) electrons. The van der Waals surface area contributed by atoms with Gasteiger partial charge in [0.15, 0.2) is 0 Å². The highest BCUT2D eigenvalue weighted by molar-refractivity contribution is 7.87. The lowest BCUT2D eigenvalue weighted by Crippen LogP contribution is -2.62. The number of halogens is 10. The molecule has 0 aromatic heterocycles. The molecule has 7 nitrogen and oxygen atoms in total. The van der Waals surface area contributed by atoms with Crippen LogP contribution in [0, 0.1) is 17.8 Å². The smallest absolute Gasteiger partial charge is 0.431 e. The van der Waals surface area contributed by atoms with Gasteiger partial charge in [-0.05, 0) is 43.9 Å². The van der Waals surface area contributed by atoms with Crippen molar-refractivity contribution in [3.8, 4) is 0 Å². The fourth-order valence-corrected chi connectivity index (χ4v) is 5.34. The molecule has 0 aliphatic heterocycles. The van der Waals surface area contributed by atoms with Gasteiger partial charge in [-0.15, -0.1) is 0 Å². The number of carbonyl (C=O) groups excluding carboxylic acids is 1. The van der Waals surface area contributed by atoms with E-state index in [1.807, 2.05) is 0 Å². The van der Waals surface area contributed by atoms with Crippen molar-refractivity contribution in [1.29, 1.82) is 0 Å². The van der Waals surface area contributed by atoms with Crippen molar-refractivity contribution in [3.05, 3.63) is 12.2 Å². The van der Waals surface area contributed by atoms with Crippen LogP contribution in [-0.4, -0.2) is 72.5 Å². The minimum absolute atomic E-state index is 0.0787. The summed E-state index contributed by atoms with van der Waals surface area (Å²) in [5.74, 6) is -9.86. The van der Waals surface area contributed by atoms with Crippen molar-refractivity contribution in [2.24, 2.45) is 17.8 Å². The summed E-state index contributed by atoms with van der Waals surface area (Å²) in [5, 5.41) is 3.86. The van der Waals surface area contributed by atoms with Gasteiger partial charge in [0.05, 0.1) is 18.8 Å². The monoisotopic (exact) mass is 598 g/mol.